The van der Waals surface area contributed by atoms with Gasteiger partial charge in [0.2, 0.25) is 11.8 Å². The molecule has 0 aromatic heterocycles. The van der Waals surface area contributed by atoms with Crippen LogP contribution in [0.4, 0.5) is 0 Å². The van der Waals surface area contributed by atoms with E-state index in [4.69, 9.17) is 5.73 Å². The predicted octanol–water partition coefficient (Wildman–Crippen LogP) is 0.145. The standard InChI is InChI=1S/C11H23N3O2/c1-6-11(5,12)9(16)13-7-8(15)14-10(2,3)4/h6-7,12H2,1-5H3,(H,13,16)(H,14,15). The van der Waals surface area contributed by atoms with Gasteiger partial charge in [-0.3, -0.25) is 9.59 Å². The normalized spacial score (nSPS) is 15.1. The summed E-state index contributed by atoms with van der Waals surface area (Å²) in [4.78, 5) is 23.0. The largest absolute Gasteiger partial charge is 0.350 e. The topological polar surface area (TPSA) is 84.2 Å². The third-order valence-corrected chi connectivity index (χ3v) is 2.18. The second kappa shape index (κ2) is 5.30. The van der Waals surface area contributed by atoms with E-state index >= 15 is 0 Å². The van der Waals surface area contributed by atoms with Crippen LogP contribution in [0.5, 0.6) is 0 Å². The Kier molecular flexibility index (Phi) is 4.93. The van der Waals surface area contributed by atoms with Crippen molar-refractivity contribution in [2.45, 2.75) is 52.1 Å². The van der Waals surface area contributed by atoms with Gasteiger partial charge < -0.3 is 16.4 Å². The van der Waals surface area contributed by atoms with Crippen LogP contribution in [0.1, 0.15) is 41.0 Å². The first-order valence-electron chi connectivity index (χ1n) is 5.46. The summed E-state index contributed by atoms with van der Waals surface area (Å²) in [6.07, 6.45) is 0.528. The maximum atomic E-state index is 11.5. The van der Waals surface area contributed by atoms with Crippen molar-refractivity contribution in [2.75, 3.05) is 6.54 Å². The summed E-state index contributed by atoms with van der Waals surface area (Å²) in [5.74, 6) is -0.521. The second-order valence-corrected chi connectivity index (χ2v) is 5.25. The van der Waals surface area contributed by atoms with Crippen molar-refractivity contribution in [2.24, 2.45) is 5.73 Å². The van der Waals surface area contributed by atoms with E-state index in [1.807, 2.05) is 27.7 Å². The van der Waals surface area contributed by atoms with Crippen LogP contribution >= 0.6 is 0 Å². The molecular weight excluding hydrogens is 206 g/mol. The first-order chi connectivity index (χ1) is 7.08. The van der Waals surface area contributed by atoms with Crippen molar-refractivity contribution >= 4 is 11.8 Å². The first kappa shape index (κ1) is 14.9. The minimum atomic E-state index is -0.915. The monoisotopic (exact) mass is 229 g/mol. The third kappa shape index (κ3) is 5.70. The highest BCUT2D eigenvalue weighted by atomic mass is 16.2. The Morgan fingerprint density at radius 2 is 1.69 bits per heavy atom. The highest BCUT2D eigenvalue weighted by Gasteiger charge is 2.26. The van der Waals surface area contributed by atoms with Gasteiger partial charge in [0.15, 0.2) is 0 Å². The highest BCUT2D eigenvalue weighted by Crippen LogP contribution is 2.03. The molecule has 0 spiro atoms. The van der Waals surface area contributed by atoms with Crippen molar-refractivity contribution in [3.8, 4) is 0 Å². The van der Waals surface area contributed by atoms with Crippen molar-refractivity contribution in [1.29, 1.82) is 0 Å². The van der Waals surface area contributed by atoms with Gasteiger partial charge in [-0.15, -0.1) is 0 Å². The quantitative estimate of drug-likeness (QED) is 0.641. The number of hydrogen-bond acceptors (Lipinski definition) is 3. The molecule has 0 heterocycles. The maximum absolute atomic E-state index is 11.5. The van der Waals surface area contributed by atoms with Crippen LogP contribution in [-0.4, -0.2) is 29.4 Å². The minimum absolute atomic E-state index is 0.0388. The Bertz CT molecular complexity index is 267. The van der Waals surface area contributed by atoms with E-state index in [-0.39, 0.29) is 23.9 Å². The van der Waals surface area contributed by atoms with Gasteiger partial charge >= 0.3 is 0 Å². The molecule has 1 atom stereocenters. The Balaban J connectivity index is 4.08. The molecule has 0 bridgehead atoms. The van der Waals surface area contributed by atoms with Crippen molar-refractivity contribution in [3.05, 3.63) is 0 Å². The van der Waals surface area contributed by atoms with E-state index in [1.54, 1.807) is 6.92 Å². The fraction of sp³-hybridized carbons (Fsp3) is 0.818. The summed E-state index contributed by atoms with van der Waals surface area (Å²) < 4.78 is 0. The molecular formula is C11H23N3O2. The predicted molar refractivity (Wildman–Crippen MR) is 63.8 cm³/mol. The highest BCUT2D eigenvalue weighted by molar-refractivity contribution is 5.89. The fourth-order valence-electron chi connectivity index (χ4n) is 0.985. The molecule has 0 radical (unpaired) electrons. The molecule has 5 heteroatoms. The molecule has 0 saturated carbocycles. The molecule has 0 aliphatic rings. The van der Waals surface area contributed by atoms with Crippen LogP contribution in [0.3, 0.4) is 0 Å². The van der Waals surface area contributed by atoms with E-state index in [0.29, 0.717) is 6.42 Å². The summed E-state index contributed by atoms with van der Waals surface area (Å²) in [7, 11) is 0. The average molecular weight is 229 g/mol. The smallest absolute Gasteiger partial charge is 0.240 e. The number of nitrogens with one attached hydrogen (secondary N) is 2. The first-order valence-corrected chi connectivity index (χ1v) is 5.46. The molecule has 5 nitrogen and oxygen atoms in total. The molecule has 1 unspecified atom stereocenters. The molecule has 4 N–H and O–H groups in total. The van der Waals surface area contributed by atoms with E-state index in [2.05, 4.69) is 10.6 Å². The van der Waals surface area contributed by atoms with Crippen LogP contribution in [0.25, 0.3) is 0 Å². The lowest BCUT2D eigenvalue weighted by Gasteiger charge is -2.23. The summed E-state index contributed by atoms with van der Waals surface area (Å²) >= 11 is 0. The van der Waals surface area contributed by atoms with Gasteiger partial charge in [0, 0.05) is 5.54 Å². The van der Waals surface area contributed by atoms with Gasteiger partial charge in [-0.1, -0.05) is 6.92 Å². The third-order valence-electron chi connectivity index (χ3n) is 2.18. The Hall–Kier alpha value is -1.10. The minimum Gasteiger partial charge on any atom is -0.350 e. The van der Waals surface area contributed by atoms with Gasteiger partial charge in [0.25, 0.3) is 0 Å². The van der Waals surface area contributed by atoms with E-state index in [0.717, 1.165) is 0 Å². The molecule has 94 valence electrons. The summed E-state index contributed by atoms with van der Waals surface area (Å²) in [5.41, 5.74) is 4.52. The lowest BCUT2D eigenvalue weighted by Crippen LogP contribution is -2.54. The SMILES string of the molecule is CCC(C)(N)C(=O)NCC(=O)NC(C)(C)C. The Morgan fingerprint density at radius 3 is 2.06 bits per heavy atom. The summed E-state index contributed by atoms with van der Waals surface area (Å²) in [6, 6.07) is 0. The van der Waals surface area contributed by atoms with Crippen LogP contribution < -0.4 is 16.4 Å². The van der Waals surface area contributed by atoms with Crippen molar-refractivity contribution in [1.82, 2.24) is 10.6 Å². The Morgan fingerprint density at radius 1 is 1.19 bits per heavy atom. The van der Waals surface area contributed by atoms with Crippen LogP contribution in [-0.2, 0) is 9.59 Å². The number of hydrogen-bond donors (Lipinski definition) is 3. The number of rotatable bonds is 4. The van der Waals surface area contributed by atoms with Gasteiger partial charge in [0.1, 0.15) is 0 Å². The molecule has 0 aromatic rings. The number of carbonyl (C=O) groups is 2. The van der Waals surface area contributed by atoms with Gasteiger partial charge in [0.05, 0.1) is 12.1 Å². The molecule has 0 saturated heterocycles. The zero-order valence-corrected chi connectivity index (χ0v) is 10.8. The fourth-order valence-corrected chi connectivity index (χ4v) is 0.985. The Labute approximate surface area is 97.2 Å². The molecule has 16 heavy (non-hydrogen) atoms. The number of carbonyl (C=O) groups excluding carboxylic acids is 2. The van der Waals surface area contributed by atoms with E-state index < -0.39 is 5.54 Å². The lowest BCUT2D eigenvalue weighted by molar-refractivity contribution is -0.129. The van der Waals surface area contributed by atoms with Crippen molar-refractivity contribution in [3.63, 3.8) is 0 Å². The van der Waals surface area contributed by atoms with Crippen molar-refractivity contribution < 1.29 is 9.59 Å². The zero-order valence-electron chi connectivity index (χ0n) is 10.8. The number of nitrogens with two attached hydrogens (primary N) is 1. The molecule has 0 aliphatic carbocycles. The molecule has 2 amide bonds. The second-order valence-electron chi connectivity index (χ2n) is 5.25. The summed E-state index contributed by atoms with van der Waals surface area (Å²) in [6.45, 7) is 9.07. The van der Waals surface area contributed by atoms with Gasteiger partial charge in [-0.2, -0.15) is 0 Å². The van der Waals surface area contributed by atoms with Crippen LogP contribution in [0, 0.1) is 0 Å². The van der Waals surface area contributed by atoms with E-state index in [1.165, 1.54) is 0 Å². The zero-order chi connectivity index (χ0) is 13.0. The summed E-state index contributed by atoms with van der Waals surface area (Å²) in [5, 5.41) is 5.27. The lowest BCUT2D eigenvalue weighted by atomic mass is 10.00. The van der Waals surface area contributed by atoms with Crippen LogP contribution in [0.2, 0.25) is 0 Å². The van der Waals surface area contributed by atoms with Crippen LogP contribution in [0.15, 0.2) is 0 Å². The average Bonchev–Trinajstić information content (AvgIpc) is 2.11. The van der Waals surface area contributed by atoms with Gasteiger partial charge in [-0.05, 0) is 34.1 Å². The molecule has 0 rings (SSSR count). The maximum Gasteiger partial charge on any atom is 0.240 e. The number of amides is 2. The van der Waals surface area contributed by atoms with Gasteiger partial charge in [-0.25, -0.2) is 0 Å². The molecule has 0 aliphatic heterocycles. The van der Waals surface area contributed by atoms with E-state index in [9.17, 15) is 9.59 Å². The molecule has 0 aromatic carbocycles. The molecule has 0 fully saturated rings.